The SMILES string of the molecule is CC1(C)CNc2ccc(C(F)(F)F)cc2O1. The third kappa shape index (κ3) is 2.08. The van der Waals surface area contributed by atoms with E-state index in [-0.39, 0.29) is 5.75 Å². The van der Waals surface area contributed by atoms with Gasteiger partial charge in [0, 0.05) is 0 Å². The Morgan fingerprint density at radius 1 is 1.31 bits per heavy atom. The second kappa shape index (κ2) is 3.30. The van der Waals surface area contributed by atoms with Gasteiger partial charge in [0.25, 0.3) is 0 Å². The molecule has 5 heteroatoms. The maximum absolute atomic E-state index is 12.5. The third-order valence-corrected chi connectivity index (χ3v) is 2.40. The standard InChI is InChI=1S/C11H12F3NO/c1-10(2)6-15-8-4-3-7(11(12,13)14)5-9(8)16-10/h3-5,15H,6H2,1-2H3. The van der Waals surface area contributed by atoms with Crippen molar-refractivity contribution >= 4 is 5.69 Å². The topological polar surface area (TPSA) is 21.3 Å². The largest absolute Gasteiger partial charge is 0.484 e. The summed E-state index contributed by atoms with van der Waals surface area (Å²) >= 11 is 0. The van der Waals surface area contributed by atoms with Crippen molar-refractivity contribution in [3.63, 3.8) is 0 Å². The third-order valence-electron chi connectivity index (χ3n) is 2.40. The van der Waals surface area contributed by atoms with Crippen LogP contribution in [0, 0.1) is 0 Å². The van der Waals surface area contributed by atoms with Crippen molar-refractivity contribution in [2.24, 2.45) is 0 Å². The Hall–Kier alpha value is -1.39. The van der Waals surface area contributed by atoms with E-state index in [0.29, 0.717) is 12.2 Å². The average Bonchev–Trinajstić information content (AvgIpc) is 2.13. The number of benzene rings is 1. The Kier molecular flexibility index (Phi) is 2.29. The van der Waals surface area contributed by atoms with Crippen molar-refractivity contribution in [3.8, 4) is 5.75 Å². The molecule has 1 N–H and O–H groups in total. The molecule has 0 aliphatic carbocycles. The number of hydrogen-bond donors (Lipinski definition) is 1. The molecule has 1 aromatic carbocycles. The fraction of sp³-hybridized carbons (Fsp3) is 0.455. The van der Waals surface area contributed by atoms with Crippen LogP contribution in [0.2, 0.25) is 0 Å². The van der Waals surface area contributed by atoms with Crippen LogP contribution in [0.5, 0.6) is 5.75 Å². The van der Waals surface area contributed by atoms with Gasteiger partial charge in [0.2, 0.25) is 0 Å². The van der Waals surface area contributed by atoms with Gasteiger partial charge >= 0.3 is 6.18 Å². The molecule has 88 valence electrons. The van der Waals surface area contributed by atoms with E-state index in [0.717, 1.165) is 12.1 Å². The van der Waals surface area contributed by atoms with Crippen molar-refractivity contribution < 1.29 is 17.9 Å². The van der Waals surface area contributed by atoms with Crippen molar-refractivity contribution in [3.05, 3.63) is 23.8 Å². The van der Waals surface area contributed by atoms with E-state index in [2.05, 4.69) is 5.32 Å². The van der Waals surface area contributed by atoms with Crippen LogP contribution in [0.1, 0.15) is 19.4 Å². The molecule has 0 radical (unpaired) electrons. The summed E-state index contributed by atoms with van der Waals surface area (Å²) < 4.78 is 42.9. The fourth-order valence-corrected chi connectivity index (χ4v) is 1.57. The summed E-state index contributed by atoms with van der Waals surface area (Å²) in [5.41, 5.74) is -0.574. The van der Waals surface area contributed by atoms with E-state index in [4.69, 9.17) is 4.74 Å². The molecule has 1 aliphatic rings. The number of alkyl halides is 3. The number of rotatable bonds is 0. The molecule has 0 saturated carbocycles. The fourth-order valence-electron chi connectivity index (χ4n) is 1.57. The summed E-state index contributed by atoms with van der Waals surface area (Å²) in [6.07, 6.45) is -4.33. The first kappa shape index (κ1) is 11.1. The van der Waals surface area contributed by atoms with Crippen LogP contribution in [0.4, 0.5) is 18.9 Å². The van der Waals surface area contributed by atoms with E-state index in [1.807, 2.05) is 13.8 Å². The maximum Gasteiger partial charge on any atom is 0.416 e. The van der Waals surface area contributed by atoms with Gasteiger partial charge in [0.1, 0.15) is 11.4 Å². The zero-order valence-electron chi connectivity index (χ0n) is 8.98. The summed E-state index contributed by atoms with van der Waals surface area (Å²) in [6, 6.07) is 3.48. The Morgan fingerprint density at radius 3 is 2.62 bits per heavy atom. The van der Waals surface area contributed by atoms with Gasteiger partial charge in [-0.2, -0.15) is 13.2 Å². The van der Waals surface area contributed by atoms with E-state index < -0.39 is 17.3 Å². The van der Waals surface area contributed by atoms with Crippen LogP contribution in [0.3, 0.4) is 0 Å². The molecule has 0 atom stereocenters. The van der Waals surface area contributed by atoms with E-state index >= 15 is 0 Å². The monoisotopic (exact) mass is 231 g/mol. The summed E-state index contributed by atoms with van der Waals surface area (Å²) in [6.45, 7) is 4.22. The Morgan fingerprint density at radius 2 is 2.00 bits per heavy atom. The Labute approximate surface area is 91.4 Å². The summed E-state index contributed by atoms with van der Waals surface area (Å²) in [5, 5.41) is 3.04. The number of fused-ring (bicyclic) bond motifs is 1. The first-order valence-electron chi connectivity index (χ1n) is 4.92. The molecule has 0 unspecified atom stereocenters. The summed E-state index contributed by atoms with van der Waals surface area (Å²) in [5.74, 6) is 0.256. The van der Waals surface area contributed by atoms with Gasteiger partial charge in [-0.3, -0.25) is 0 Å². The lowest BCUT2D eigenvalue weighted by molar-refractivity contribution is -0.137. The van der Waals surface area contributed by atoms with Gasteiger partial charge in [0.15, 0.2) is 0 Å². The van der Waals surface area contributed by atoms with Crippen LogP contribution in [0.25, 0.3) is 0 Å². The molecule has 1 aliphatic heterocycles. The van der Waals surface area contributed by atoms with Crippen LogP contribution >= 0.6 is 0 Å². The first-order valence-corrected chi connectivity index (χ1v) is 4.92. The zero-order chi connectivity index (χ0) is 12.0. The minimum atomic E-state index is -4.33. The first-order chi connectivity index (χ1) is 7.28. The predicted molar refractivity (Wildman–Crippen MR) is 54.6 cm³/mol. The van der Waals surface area contributed by atoms with Gasteiger partial charge in [-0.05, 0) is 32.0 Å². The lowest BCUT2D eigenvalue weighted by Gasteiger charge is -2.33. The summed E-state index contributed by atoms with van der Waals surface area (Å²) in [7, 11) is 0. The molecule has 0 fully saturated rings. The second-order valence-electron chi connectivity index (χ2n) is 4.42. The number of hydrogen-bond acceptors (Lipinski definition) is 2. The second-order valence-corrected chi connectivity index (χ2v) is 4.42. The molecule has 0 spiro atoms. The lowest BCUT2D eigenvalue weighted by Crippen LogP contribution is -2.40. The van der Waals surface area contributed by atoms with Crippen LogP contribution in [0.15, 0.2) is 18.2 Å². The lowest BCUT2D eigenvalue weighted by atomic mass is 10.1. The van der Waals surface area contributed by atoms with Gasteiger partial charge < -0.3 is 10.1 Å². The van der Waals surface area contributed by atoms with E-state index in [1.165, 1.54) is 6.07 Å². The Bertz CT molecular complexity index is 412. The van der Waals surface area contributed by atoms with E-state index in [9.17, 15) is 13.2 Å². The van der Waals surface area contributed by atoms with Gasteiger partial charge in [0.05, 0.1) is 17.8 Å². The number of halogens is 3. The molecule has 16 heavy (non-hydrogen) atoms. The Balaban J connectivity index is 2.39. The molecule has 2 rings (SSSR count). The average molecular weight is 231 g/mol. The molecule has 0 saturated heterocycles. The quantitative estimate of drug-likeness (QED) is 0.739. The summed E-state index contributed by atoms with van der Waals surface area (Å²) in [4.78, 5) is 0. The van der Waals surface area contributed by atoms with E-state index in [1.54, 1.807) is 0 Å². The van der Waals surface area contributed by atoms with Gasteiger partial charge in [-0.15, -0.1) is 0 Å². The molecule has 1 heterocycles. The van der Waals surface area contributed by atoms with Crippen molar-refractivity contribution in [1.82, 2.24) is 0 Å². The predicted octanol–water partition coefficient (Wildman–Crippen LogP) is 3.29. The normalized spacial score (nSPS) is 18.3. The number of ether oxygens (including phenoxy) is 1. The number of nitrogens with one attached hydrogen (secondary N) is 1. The highest BCUT2D eigenvalue weighted by molar-refractivity contribution is 5.60. The molecular formula is C11H12F3NO. The molecule has 0 aromatic heterocycles. The highest BCUT2D eigenvalue weighted by atomic mass is 19.4. The minimum absolute atomic E-state index is 0.256. The van der Waals surface area contributed by atoms with Crippen LogP contribution < -0.4 is 10.1 Å². The van der Waals surface area contributed by atoms with Crippen LogP contribution in [-0.2, 0) is 6.18 Å². The molecule has 1 aromatic rings. The minimum Gasteiger partial charge on any atom is -0.484 e. The molecule has 2 nitrogen and oxygen atoms in total. The highest BCUT2D eigenvalue weighted by Crippen LogP contribution is 2.38. The van der Waals surface area contributed by atoms with Gasteiger partial charge in [-0.25, -0.2) is 0 Å². The molecule has 0 amide bonds. The highest BCUT2D eigenvalue weighted by Gasteiger charge is 2.33. The zero-order valence-corrected chi connectivity index (χ0v) is 8.98. The molecule has 0 bridgehead atoms. The molecular weight excluding hydrogens is 219 g/mol. The van der Waals surface area contributed by atoms with Crippen molar-refractivity contribution in [2.45, 2.75) is 25.6 Å². The number of anilines is 1. The van der Waals surface area contributed by atoms with Crippen LogP contribution in [-0.4, -0.2) is 12.1 Å². The smallest absolute Gasteiger partial charge is 0.416 e. The maximum atomic E-state index is 12.5. The van der Waals surface area contributed by atoms with Gasteiger partial charge in [-0.1, -0.05) is 0 Å². The van der Waals surface area contributed by atoms with Crippen molar-refractivity contribution in [1.29, 1.82) is 0 Å². The van der Waals surface area contributed by atoms with Crippen molar-refractivity contribution in [2.75, 3.05) is 11.9 Å².